The second-order valence-corrected chi connectivity index (χ2v) is 8.61. The molecule has 1 aromatic carbocycles. The van der Waals surface area contributed by atoms with Gasteiger partial charge < -0.3 is 9.47 Å². The third-order valence-corrected chi connectivity index (χ3v) is 5.08. The van der Waals surface area contributed by atoms with Crippen LogP contribution in [0.25, 0.3) is 0 Å². The predicted molar refractivity (Wildman–Crippen MR) is 72.3 cm³/mol. The molecule has 0 unspecified atom stereocenters. The Morgan fingerprint density at radius 3 is 2.40 bits per heavy atom. The van der Waals surface area contributed by atoms with E-state index in [1.54, 1.807) is 0 Å². The van der Waals surface area contributed by atoms with Crippen LogP contribution in [0.4, 0.5) is 0 Å². The second kappa shape index (κ2) is 5.76. The van der Waals surface area contributed by atoms with Gasteiger partial charge in [-0.1, -0.05) is 0 Å². The lowest BCUT2D eigenvalue weighted by Crippen LogP contribution is -2.28. The first kappa shape index (κ1) is 15.4. The van der Waals surface area contributed by atoms with Gasteiger partial charge in [-0.15, -0.1) is 0 Å². The third-order valence-electron chi connectivity index (χ3n) is 2.46. The normalized spacial score (nSPS) is 15.1. The van der Waals surface area contributed by atoms with Crippen LogP contribution >= 0.6 is 10.7 Å². The lowest BCUT2D eigenvalue weighted by molar-refractivity contribution is 0.171. The van der Waals surface area contributed by atoms with Crippen LogP contribution in [0.1, 0.15) is 0 Å². The zero-order valence-corrected chi connectivity index (χ0v) is 12.6. The van der Waals surface area contributed by atoms with Crippen molar-refractivity contribution in [1.82, 2.24) is 4.72 Å². The molecule has 0 atom stereocenters. The fraction of sp³-hybridized carbons (Fsp3) is 0.400. The summed E-state index contributed by atoms with van der Waals surface area (Å²) in [4.78, 5) is -0.0336. The summed E-state index contributed by atoms with van der Waals surface area (Å²) >= 11 is 0. The lowest BCUT2D eigenvalue weighted by Gasteiger charge is -2.18. The van der Waals surface area contributed by atoms with Crippen LogP contribution in [-0.4, -0.2) is 42.3 Å². The van der Waals surface area contributed by atoms with Crippen molar-refractivity contribution >= 4 is 29.8 Å². The molecule has 2 rings (SSSR count). The average molecular weight is 342 g/mol. The van der Waals surface area contributed by atoms with Gasteiger partial charge in [0.05, 0.1) is 10.6 Å². The summed E-state index contributed by atoms with van der Waals surface area (Å²) in [5.74, 6) is 0.320. The highest BCUT2D eigenvalue weighted by Gasteiger charge is 2.19. The third kappa shape index (κ3) is 3.98. The number of ether oxygens (including phenoxy) is 2. The zero-order valence-electron chi connectivity index (χ0n) is 10.2. The molecule has 0 spiro atoms. The van der Waals surface area contributed by atoms with E-state index in [4.69, 9.17) is 20.2 Å². The maximum absolute atomic E-state index is 12.0. The molecule has 0 radical (unpaired) electrons. The standard InChI is InChI=1S/C10H12ClNO6S2/c11-19(13,14)6-3-12-20(15,16)8-1-2-9-10(7-8)18-5-4-17-9/h1-2,7,12H,3-6H2. The van der Waals surface area contributed by atoms with E-state index >= 15 is 0 Å². The molecule has 1 aliphatic rings. The van der Waals surface area contributed by atoms with Crippen molar-refractivity contribution in [3.8, 4) is 11.5 Å². The quantitative estimate of drug-likeness (QED) is 0.774. The molecule has 0 amide bonds. The van der Waals surface area contributed by atoms with Crippen molar-refractivity contribution in [2.45, 2.75) is 4.90 Å². The minimum atomic E-state index is -3.82. The van der Waals surface area contributed by atoms with Gasteiger partial charge in [-0.05, 0) is 12.1 Å². The molecule has 0 saturated carbocycles. The summed E-state index contributed by atoms with van der Waals surface area (Å²) in [6, 6.07) is 4.17. The van der Waals surface area contributed by atoms with Crippen LogP contribution in [-0.2, 0) is 19.1 Å². The summed E-state index contributed by atoms with van der Waals surface area (Å²) in [6.45, 7) is 0.446. The number of sulfonamides is 1. The molecule has 0 aliphatic carbocycles. The van der Waals surface area contributed by atoms with Crippen LogP contribution in [0.3, 0.4) is 0 Å². The van der Waals surface area contributed by atoms with Gasteiger partial charge in [-0.25, -0.2) is 21.6 Å². The van der Waals surface area contributed by atoms with E-state index < -0.39 is 24.8 Å². The summed E-state index contributed by atoms with van der Waals surface area (Å²) in [7, 11) is -2.56. The minimum absolute atomic E-state index is 0.0336. The van der Waals surface area contributed by atoms with Gasteiger partial charge in [0.1, 0.15) is 13.2 Å². The first-order chi connectivity index (χ1) is 9.28. The van der Waals surface area contributed by atoms with Crippen molar-refractivity contribution in [2.24, 2.45) is 0 Å². The van der Waals surface area contributed by atoms with Gasteiger partial charge in [-0.3, -0.25) is 0 Å². The summed E-state index contributed by atoms with van der Waals surface area (Å²) in [5, 5.41) is 0. The topological polar surface area (TPSA) is 98.8 Å². The van der Waals surface area contributed by atoms with Crippen molar-refractivity contribution in [3.63, 3.8) is 0 Å². The van der Waals surface area contributed by atoms with Gasteiger partial charge >= 0.3 is 0 Å². The van der Waals surface area contributed by atoms with Gasteiger partial charge in [0.25, 0.3) is 0 Å². The molecule has 1 aliphatic heterocycles. The largest absolute Gasteiger partial charge is 0.486 e. The van der Waals surface area contributed by atoms with Crippen molar-refractivity contribution in [3.05, 3.63) is 18.2 Å². The van der Waals surface area contributed by atoms with Gasteiger partial charge in [0, 0.05) is 23.3 Å². The van der Waals surface area contributed by atoms with E-state index in [1.807, 2.05) is 0 Å². The number of hydrogen-bond donors (Lipinski definition) is 1. The molecule has 0 fully saturated rings. The molecule has 0 aromatic heterocycles. The van der Waals surface area contributed by atoms with Crippen LogP contribution in [0, 0.1) is 0 Å². The molecule has 0 saturated heterocycles. The molecule has 7 nitrogen and oxygen atoms in total. The summed E-state index contributed by atoms with van der Waals surface area (Å²) in [6.07, 6.45) is 0. The van der Waals surface area contributed by atoms with Crippen LogP contribution < -0.4 is 14.2 Å². The number of fused-ring (bicyclic) bond motifs is 1. The molecule has 0 bridgehead atoms. The van der Waals surface area contributed by atoms with Crippen molar-refractivity contribution in [2.75, 3.05) is 25.5 Å². The maximum Gasteiger partial charge on any atom is 0.240 e. The molecular formula is C10H12ClNO6S2. The zero-order chi connectivity index (χ0) is 14.8. The monoisotopic (exact) mass is 341 g/mol. The predicted octanol–water partition coefficient (Wildman–Crippen LogP) is 0.305. The highest BCUT2D eigenvalue weighted by molar-refractivity contribution is 8.13. The van der Waals surface area contributed by atoms with E-state index in [2.05, 4.69) is 4.72 Å². The lowest BCUT2D eigenvalue weighted by atomic mass is 10.3. The smallest absolute Gasteiger partial charge is 0.240 e. The molecule has 1 aromatic rings. The van der Waals surface area contributed by atoms with Gasteiger partial charge in [0.2, 0.25) is 19.1 Å². The molecule has 10 heteroatoms. The maximum atomic E-state index is 12.0. The Morgan fingerprint density at radius 1 is 1.10 bits per heavy atom. The second-order valence-electron chi connectivity index (χ2n) is 3.95. The molecule has 1 heterocycles. The summed E-state index contributed by atoms with van der Waals surface area (Å²) in [5.41, 5.74) is 0. The first-order valence-electron chi connectivity index (χ1n) is 5.60. The van der Waals surface area contributed by atoms with Crippen molar-refractivity contribution in [1.29, 1.82) is 0 Å². The van der Waals surface area contributed by atoms with Crippen molar-refractivity contribution < 1.29 is 26.3 Å². The Balaban J connectivity index is 2.13. The highest BCUT2D eigenvalue weighted by Crippen LogP contribution is 2.32. The van der Waals surface area contributed by atoms with E-state index in [1.165, 1.54) is 18.2 Å². The fourth-order valence-corrected chi connectivity index (χ4v) is 3.33. The number of rotatable bonds is 5. The average Bonchev–Trinajstić information content (AvgIpc) is 2.36. The Kier molecular flexibility index (Phi) is 4.43. The fourth-order valence-electron chi connectivity index (χ4n) is 1.57. The molecule has 1 N–H and O–H groups in total. The van der Waals surface area contributed by atoms with Gasteiger partial charge in [-0.2, -0.15) is 0 Å². The van der Waals surface area contributed by atoms with Crippen LogP contribution in [0.15, 0.2) is 23.1 Å². The highest BCUT2D eigenvalue weighted by atomic mass is 35.7. The minimum Gasteiger partial charge on any atom is -0.486 e. The summed E-state index contributed by atoms with van der Waals surface area (Å²) < 4.78 is 58.1. The number of benzene rings is 1. The Labute approximate surface area is 121 Å². The van der Waals surface area contributed by atoms with E-state index in [-0.39, 0.29) is 11.4 Å². The Hall–Kier alpha value is -1.03. The van der Waals surface area contributed by atoms with E-state index in [9.17, 15) is 16.8 Å². The van der Waals surface area contributed by atoms with Crippen LogP contribution in [0.2, 0.25) is 0 Å². The SMILES string of the molecule is O=S(=O)(Cl)CCNS(=O)(=O)c1ccc2c(c1)OCCO2. The number of halogens is 1. The number of hydrogen-bond acceptors (Lipinski definition) is 6. The Morgan fingerprint density at radius 2 is 1.75 bits per heavy atom. The van der Waals surface area contributed by atoms with Crippen LogP contribution in [0.5, 0.6) is 11.5 Å². The first-order valence-corrected chi connectivity index (χ1v) is 9.56. The van der Waals surface area contributed by atoms with E-state index in [0.717, 1.165) is 0 Å². The molecule has 20 heavy (non-hydrogen) atoms. The number of nitrogens with one attached hydrogen (secondary N) is 1. The van der Waals surface area contributed by atoms with Gasteiger partial charge in [0.15, 0.2) is 11.5 Å². The van der Waals surface area contributed by atoms with E-state index in [0.29, 0.717) is 24.7 Å². The molecule has 112 valence electrons. The Bertz CT molecular complexity index is 700. The molecular weight excluding hydrogens is 330 g/mol.